The van der Waals surface area contributed by atoms with Crippen LogP contribution in [0.15, 0.2) is 77.8 Å². The van der Waals surface area contributed by atoms with E-state index in [1.807, 2.05) is 18.2 Å². The van der Waals surface area contributed by atoms with Crippen LogP contribution in [0.2, 0.25) is 5.02 Å². The van der Waals surface area contributed by atoms with E-state index in [2.05, 4.69) is 10.3 Å². The van der Waals surface area contributed by atoms with Crippen LogP contribution in [0.5, 0.6) is 5.75 Å². The number of rotatable bonds is 10. The third kappa shape index (κ3) is 6.34. The summed E-state index contributed by atoms with van der Waals surface area (Å²) in [4.78, 5) is 34.0. The number of nitrogen functional groups attached to an aromatic ring is 1. The minimum absolute atomic E-state index is 0.0856. The number of halogens is 1. The van der Waals surface area contributed by atoms with Crippen molar-refractivity contribution < 1.29 is 27.5 Å². The van der Waals surface area contributed by atoms with Crippen molar-refractivity contribution in [1.29, 1.82) is 0 Å². The van der Waals surface area contributed by atoms with E-state index in [0.29, 0.717) is 39.8 Å². The van der Waals surface area contributed by atoms with Gasteiger partial charge < -0.3 is 25.4 Å². The van der Waals surface area contributed by atoms with Crippen molar-refractivity contribution in [2.45, 2.75) is 49.4 Å². The molecule has 1 aromatic heterocycles. The molecule has 1 saturated heterocycles. The molecule has 1 aliphatic rings. The zero-order valence-electron chi connectivity index (χ0n) is 26.1. The Kier molecular flexibility index (Phi) is 9.74. The highest BCUT2D eigenvalue weighted by Gasteiger charge is 2.46. The van der Waals surface area contributed by atoms with Crippen LogP contribution >= 0.6 is 11.6 Å². The van der Waals surface area contributed by atoms with Gasteiger partial charge in [-0.05, 0) is 86.2 Å². The maximum absolute atomic E-state index is 14.8. The molecule has 0 aliphatic carbocycles. The van der Waals surface area contributed by atoms with Gasteiger partial charge >= 0.3 is 5.97 Å². The van der Waals surface area contributed by atoms with Crippen LogP contribution in [0.1, 0.15) is 50.4 Å². The monoisotopic (exact) mass is 664 g/mol. The molecule has 1 fully saturated rings. The number of nitrogens with zero attached hydrogens (tertiary/aromatic N) is 2. The molecule has 0 bridgehead atoms. The first kappa shape index (κ1) is 33.0. The largest absolute Gasteiger partial charge is 0.495 e. The highest BCUT2D eigenvalue weighted by Crippen LogP contribution is 2.43. The molecule has 3 N–H and O–H groups in total. The summed E-state index contributed by atoms with van der Waals surface area (Å²) in [5.74, 6) is -0.861. The zero-order valence-corrected chi connectivity index (χ0v) is 27.6. The number of anilines is 2. The van der Waals surface area contributed by atoms with Crippen molar-refractivity contribution in [3.8, 4) is 5.75 Å². The Bertz CT molecular complexity index is 1880. The van der Waals surface area contributed by atoms with Gasteiger partial charge in [0.2, 0.25) is 5.91 Å². The minimum atomic E-state index is -3.77. The molecule has 5 rings (SSSR count). The molecule has 3 aromatic carbocycles. The fourth-order valence-electron chi connectivity index (χ4n) is 5.93. The number of carbonyl (C=O) groups is 2. The average Bonchev–Trinajstić information content (AvgIpc) is 3.49. The number of likely N-dealkylation sites (tertiary alicyclic amines) is 1. The number of benzene rings is 3. The molecule has 10 nitrogen and oxygen atoms in total. The molecule has 1 aliphatic heterocycles. The fourth-order valence-corrected chi connectivity index (χ4v) is 7.41. The molecule has 1 amide bonds. The Morgan fingerprint density at radius 2 is 1.87 bits per heavy atom. The van der Waals surface area contributed by atoms with Gasteiger partial charge in [-0.15, -0.1) is 0 Å². The van der Waals surface area contributed by atoms with Crippen molar-refractivity contribution in [1.82, 2.24) is 9.88 Å². The van der Waals surface area contributed by atoms with Gasteiger partial charge in [-0.1, -0.05) is 35.9 Å². The number of hydrogen-bond donors (Lipinski definition) is 2. The summed E-state index contributed by atoms with van der Waals surface area (Å²) < 4.78 is 38.0. The molecule has 12 heteroatoms. The number of ether oxygens (including phenoxy) is 2. The summed E-state index contributed by atoms with van der Waals surface area (Å²) in [7, 11) is -2.28. The molecule has 242 valence electrons. The van der Waals surface area contributed by atoms with E-state index in [4.69, 9.17) is 26.8 Å². The summed E-state index contributed by atoms with van der Waals surface area (Å²) in [6.45, 7) is 5.27. The van der Waals surface area contributed by atoms with Crippen LogP contribution in [0.25, 0.3) is 10.8 Å². The van der Waals surface area contributed by atoms with Crippen LogP contribution in [-0.2, 0) is 24.2 Å². The number of esters is 1. The fraction of sp³-hybridized carbons (Fsp3) is 0.324. The van der Waals surface area contributed by atoms with Crippen molar-refractivity contribution in [3.05, 3.63) is 89.1 Å². The van der Waals surface area contributed by atoms with E-state index in [0.717, 1.165) is 10.8 Å². The zero-order chi connectivity index (χ0) is 33.2. The van der Waals surface area contributed by atoms with Crippen molar-refractivity contribution in [2.24, 2.45) is 5.92 Å². The number of amides is 1. The van der Waals surface area contributed by atoms with Gasteiger partial charge in [0.1, 0.15) is 17.6 Å². The highest BCUT2D eigenvalue weighted by atomic mass is 35.5. The maximum Gasteiger partial charge on any atom is 0.311 e. The summed E-state index contributed by atoms with van der Waals surface area (Å²) >= 11 is 6.35. The lowest BCUT2D eigenvalue weighted by molar-refractivity contribution is -0.149. The lowest BCUT2D eigenvalue weighted by atomic mass is 9.93. The Hall–Kier alpha value is -4.35. The van der Waals surface area contributed by atoms with E-state index in [1.165, 1.54) is 13.2 Å². The Morgan fingerprint density at radius 1 is 1.11 bits per heavy atom. The summed E-state index contributed by atoms with van der Waals surface area (Å²) in [6, 6.07) is 17.1. The second-order valence-corrected chi connectivity index (χ2v) is 14.2. The van der Waals surface area contributed by atoms with Crippen LogP contribution in [0.4, 0.5) is 11.5 Å². The molecular weight excluding hydrogens is 628 g/mol. The standard InChI is InChI=1S/C34H37ClN4O6S/c1-5-45-34(41)26-15-17-39(31(26)25-8-6-7-9-29(25)46(42,43)20(2)3)33(40)30(22-10-13-27(35)28(19-22)44-4)38-23-11-12-24-21(18-23)14-16-37-32(24)36/h6-14,16,18-20,26,30-31,38H,5,15,17H2,1-4H3,(H2,36,37)/t26-,30-,31-/m0/s1. The Labute approximate surface area is 273 Å². The number of aromatic nitrogens is 1. The van der Waals surface area contributed by atoms with Crippen LogP contribution in [-0.4, -0.2) is 55.7 Å². The summed E-state index contributed by atoms with van der Waals surface area (Å²) in [6.07, 6.45) is 1.91. The molecular formula is C34H37ClN4O6S. The third-order valence-corrected chi connectivity index (χ3v) is 10.8. The first-order valence-corrected chi connectivity index (χ1v) is 16.9. The van der Waals surface area contributed by atoms with Gasteiger partial charge in [0.05, 0.1) is 40.8 Å². The van der Waals surface area contributed by atoms with Crippen LogP contribution in [0, 0.1) is 5.92 Å². The van der Waals surface area contributed by atoms with E-state index >= 15 is 0 Å². The molecule has 0 saturated carbocycles. The number of pyridine rings is 1. The second kappa shape index (κ2) is 13.6. The number of carbonyl (C=O) groups excluding carboxylic acids is 2. The highest BCUT2D eigenvalue weighted by molar-refractivity contribution is 7.92. The number of nitrogens with one attached hydrogen (secondary N) is 1. The summed E-state index contributed by atoms with van der Waals surface area (Å²) in [5.41, 5.74) is 7.63. The third-order valence-electron chi connectivity index (χ3n) is 8.30. The van der Waals surface area contributed by atoms with Gasteiger partial charge in [0.15, 0.2) is 9.84 Å². The molecule has 2 heterocycles. The van der Waals surface area contributed by atoms with E-state index < -0.39 is 39.1 Å². The van der Waals surface area contributed by atoms with E-state index in [1.54, 1.807) is 74.3 Å². The van der Waals surface area contributed by atoms with Crippen LogP contribution < -0.4 is 15.8 Å². The number of sulfone groups is 1. The number of methoxy groups -OCH3 is 1. The quantitative estimate of drug-likeness (QED) is 0.196. The number of hydrogen-bond acceptors (Lipinski definition) is 9. The predicted molar refractivity (Wildman–Crippen MR) is 178 cm³/mol. The Morgan fingerprint density at radius 3 is 2.59 bits per heavy atom. The molecule has 0 unspecified atom stereocenters. The molecule has 46 heavy (non-hydrogen) atoms. The maximum atomic E-state index is 14.8. The normalized spacial score (nSPS) is 17.2. The lowest BCUT2D eigenvalue weighted by Gasteiger charge is -2.33. The van der Waals surface area contributed by atoms with Crippen LogP contribution in [0.3, 0.4) is 0 Å². The van der Waals surface area contributed by atoms with Gasteiger partial charge in [-0.2, -0.15) is 0 Å². The van der Waals surface area contributed by atoms with Crippen molar-refractivity contribution >= 4 is 55.6 Å². The van der Waals surface area contributed by atoms with Crippen molar-refractivity contribution in [3.63, 3.8) is 0 Å². The second-order valence-electron chi connectivity index (χ2n) is 11.4. The molecule has 0 spiro atoms. The first-order valence-electron chi connectivity index (χ1n) is 15.0. The van der Waals surface area contributed by atoms with Gasteiger partial charge in [-0.3, -0.25) is 9.59 Å². The topological polar surface area (TPSA) is 141 Å². The molecule has 4 aromatic rings. The predicted octanol–water partition coefficient (Wildman–Crippen LogP) is 5.97. The van der Waals surface area contributed by atoms with E-state index in [-0.39, 0.29) is 24.0 Å². The SMILES string of the molecule is CCOC(=O)[C@H]1CCN(C(=O)[C@@H](Nc2ccc3c(N)nccc3c2)c2ccc(Cl)c(OC)c2)[C@H]1c1ccccc1S(=O)(=O)C(C)C. The Balaban J connectivity index is 1.64. The molecule has 0 radical (unpaired) electrons. The van der Waals surface area contributed by atoms with Crippen molar-refractivity contribution in [2.75, 3.05) is 31.3 Å². The molecule has 3 atom stereocenters. The summed E-state index contributed by atoms with van der Waals surface area (Å²) in [5, 5.41) is 4.63. The average molecular weight is 665 g/mol. The number of fused-ring (bicyclic) bond motifs is 1. The minimum Gasteiger partial charge on any atom is -0.495 e. The van der Waals surface area contributed by atoms with Gasteiger partial charge in [0.25, 0.3) is 0 Å². The van der Waals surface area contributed by atoms with Gasteiger partial charge in [-0.25, -0.2) is 13.4 Å². The smallest absolute Gasteiger partial charge is 0.311 e. The van der Waals surface area contributed by atoms with Gasteiger partial charge in [0, 0.05) is 23.8 Å². The van der Waals surface area contributed by atoms with E-state index in [9.17, 15) is 18.0 Å². The lowest BCUT2D eigenvalue weighted by Crippen LogP contribution is -2.40. The number of nitrogens with two attached hydrogens (primary N) is 1. The first-order chi connectivity index (χ1) is 22.0.